The summed E-state index contributed by atoms with van der Waals surface area (Å²) in [6.45, 7) is 0. The Balaban J connectivity index is 1.79. The van der Waals surface area contributed by atoms with Crippen LogP contribution in [-0.4, -0.2) is 21.9 Å². The maximum atomic E-state index is 12.4. The summed E-state index contributed by atoms with van der Waals surface area (Å²) >= 11 is 2.16. The maximum Gasteiger partial charge on any atom is 0.352 e. The number of amides is 1. The lowest BCUT2D eigenvalue weighted by molar-refractivity contribution is -0.385. The van der Waals surface area contributed by atoms with Crippen molar-refractivity contribution in [3.8, 4) is 11.5 Å². The standard InChI is InChI=1S/C22H15IN2O6/c23-17-6-2-4-8-20(17)31-15-11-9-14(10-12-15)13-18(22(27)28)24-21(26)16-5-1-3-7-19(16)25(29)30/h1-13H,(H,24,26)(H,27,28). The molecular weight excluding hydrogens is 515 g/mol. The van der Waals surface area contributed by atoms with Crippen LogP contribution in [0.4, 0.5) is 5.69 Å². The van der Waals surface area contributed by atoms with Gasteiger partial charge in [-0.05, 0) is 64.6 Å². The molecule has 0 saturated heterocycles. The molecule has 0 aliphatic carbocycles. The fourth-order valence-electron chi connectivity index (χ4n) is 2.62. The molecule has 1 amide bonds. The molecule has 0 atom stereocenters. The van der Waals surface area contributed by atoms with E-state index in [4.69, 9.17) is 4.74 Å². The summed E-state index contributed by atoms with van der Waals surface area (Å²) in [5.74, 6) is -1.03. The minimum Gasteiger partial charge on any atom is -0.477 e. The van der Waals surface area contributed by atoms with Gasteiger partial charge in [-0.25, -0.2) is 4.79 Å². The molecule has 156 valence electrons. The molecule has 9 heteroatoms. The van der Waals surface area contributed by atoms with Crippen LogP contribution in [0.1, 0.15) is 15.9 Å². The molecule has 0 saturated carbocycles. The highest BCUT2D eigenvalue weighted by Crippen LogP contribution is 2.26. The van der Waals surface area contributed by atoms with Gasteiger partial charge in [-0.3, -0.25) is 14.9 Å². The van der Waals surface area contributed by atoms with Crippen molar-refractivity contribution >= 4 is 46.2 Å². The average Bonchev–Trinajstić information content (AvgIpc) is 2.76. The monoisotopic (exact) mass is 530 g/mol. The summed E-state index contributed by atoms with van der Waals surface area (Å²) in [4.78, 5) is 34.4. The van der Waals surface area contributed by atoms with E-state index in [-0.39, 0.29) is 5.56 Å². The number of carboxylic acids is 1. The number of benzene rings is 3. The first kappa shape index (κ1) is 22.0. The minimum atomic E-state index is -1.38. The van der Waals surface area contributed by atoms with Gasteiger partial charge < -0.3 is 15.2 Å². The first-order chi connectivity index (χ1) is 14.8. The van der Waals surface area contributed by atoms with Crippen LogP contribution in [0, 0.1) is 13.7 Å². The summed E-state index contributed by atoms with van der Waals surface area (Å²) in [5, 5.41) is 22.8. The third kappa shape index (κ3) is 5.66. The predicted molar refractivity (Wildman–Crippen MR) is 122 cm³/mol. The summed E-state index contributed by atoms with van der Waals surface area (Å²) in [6.07, 6.45) is 1.26. The number of para-hydroxylation sites is 2. The number of halogens is 1. The number of hydrogen-bond donors (Lipinski definition) is 2. The van der Waals surface area contributed by atoms with Crippen molar-refractivity contribution in [2.75, 3.05) is 0 Å². The molecule has 0 spiro atoms. The van der Waals surface area contributed by atoms with E-state index >= 15 is 0 Å². The van der Waals surface area contributed by atoms with Gasteiger partial charge in [-0.1, -0.05) is 36.4 Å². The van der Waals surface area contributed by atoms with Gasteiger partial charge in [-0.2, -0.15) is 0 Å². The Kier molecular flexibility index (Phi) is 6.98. The lowest BCUT2D eigenvalue weighted by Gasteiger charge is -2.09. The smallest absolute Gasteiger partial charge is 0.352 e. The molecule has 3 aromatic carbocycles. The molecule has 0 fully saturated rings. The van der Waals surface area contributed by atoms with Crippen LogP contribution in [0.25, 0.3) is 6.08 Å². The highest BCUT2D eigenvalue weighted by atomic mass is 127. The predicted octanol–water partition coefficient (Wildman–Crippen LogP) is 4.85. The molecule has 3 aromatic rings. The molecule has 0 aromatic heterocycles. The van der Waals surface area contributed by atoms with E-state index in [1.165, 1.54) is 30.3 Å². The molecule has 2 N–H and O–H groups in total. The summed E-state index contributed by atoms with van der Waals surface area (Å²) in [6, 6.07) is 19.4. The molecular formula is C22H15IN2O6. The zero-order valence-electron chi connectivity index (χ0n) is 15.8. The molecule has 0 bridgehead atoms. The Morgan fingerprint density at radius 1 is 1.00 bits per heavy atom. The topological polar surface area (TPSA) is 119 Å². The van der Waals surface area contributed by atoms with E-state index in [0.29, 0.717) is 17.1 Å². The molecule has 0 radical (unpaired) electrons. The number of ether oxygens (including phenoxy) is 1. The number of hydrogen-bond acceptors (Lipinski definition) is 5. The second-order valence-electron chi connectivity index (χ2n) is 6.19. The van der Waals surface area contributed by atoms with Gasteiger partial charge in [0.2, 0.25) is 0 Å². The first-order valence-corrected chi connectivity index (χ1v) is 9.95. The minimum absolute atomic E-state index is 0.235. The lowest BCUT2D eigenvalue weighted by atomic mass is 10.1. The van der Waals surface area contributed by atoms with Gasteiger partial charge in [-0.15, -0.1) is 0 Å². The van der Waals surface area contributed by atoms with Crippen LogP contribution in [0.15, 0.2) is 78.5 Å². The van der Waals surface area contributed by atoms with Crippen molar-refractivity contribution in [3.05, 3.63) is 103 Å². The number of nitro groups is 1. The molecule has 31 heavy (non-hydrogen) atoms. The van der Waals surface area contributed by atoms with E-state index in [9.17, 15) is 24.8 Å². The van der Waals surface area contributed by atoms with Gasteiger partial charge in [0.25, 0.3) is 11.6 Å². The Morgan fingerprint density at radius 3 is 2.29 bits per heavy atom. The van der Waals surface area contributed by atoms with Crippen molar-refractivity contribution < 1.29 is 24.4 Å². The number of nitrogens with one attached hydrogen (secondary N) is 1. The Morgan fingerprint density at radius 2 is 1.65 bits per heavy atom. The molecule has 3 rings (SSSR count). The van der Waals surface area contributed by atoms with Crippen LogP contribution < -0.4 is 10.1 Å². The number of carbonyl (C=O) groups is 2. The third-order valence-electron chi connectivity index (χ3n) is 4.08. The quantitative estimate of drug-likeness (QED) is 0.195. The van der Waals surface area contributed by atoms with E-state index in [1.54, 1.807) is 24.3 Å². The second kappa shape index (κ2) is 9.85. The normalized spacial score (nSPS) is 10.9. The van der Waals surface area contributed by atoms with Gasteiger partial charge in [0.05, 0.1) is 8.49 Å². The molecule has 0 aliphatic heterocycles. The number of nitrogens with zero attached hydrogens (tertiary/aromatic N) is 1. The molecule has 8 nitrogen and oxygen atoms in total. The average molecular weight is 530 g/mol. The van der Waals surface area contributed by atoms with Crippen LogP contribution in [0.2, 0.25) is 0 Å². The lowest BCUT2D eigenvalue weighted by Crippen LogP contribution is -2.27. The van der Waals surface area contributed by atoms with Gasteiger partial charge >= 0.3 is 5.97 Å². The zero-order valence-corrected chi connectivity index (χ0v) is 18.0. The van der Waals surface area contributed by atoms with Crippen molar-refractivity contribution in [2.24, 2.45) is 0 Å². The van der Waals surface area contributed by atoms with E-state index in [2.05, 4.69) is 27.9 Å². The van der Waals surface area contributed by atoms with Gasteiger partial charge in [0, 0.05) is 6.07 Å². The SMILES string of the molecule is O=C(O)C(=Cc1ccc(Oc2ccccc2I)cc1)NC(=O)c1ccccc1[N+](=O)[O-]. The molecule has 0 heterocycles. The Hall–Kier alpha value is -3.73. The first-order valence-electron chi connectivity index (χ1n) is 8.87. The number of carboxylic acid groups (broad SMARTS) is 1. The Labute approximate surface area is 190 Å². The van der Waals surface area contributed by atoms with E-state index < -0.39 is 28.2 Å². The summed E-state index contributed by atoms with van der Waals surface area (Å²) < 4.78 is 6.74. The van der Waals surface area contributed by atoms with E-state index in [1.807, 2.05) is 24.3 Å². The van der Waals surface area contributed by atoms with Crippen LogP contribution >= 0.6 is 22.6 Å². The number of aliphatic carboxylic acids is 1. The van der Waals surface area contributed by atoms with Crippen LogP contribution in [0.5, 0.6) is 11.5 Å². The van der Waals surface area contributed by atoms with Crippen LogP contribution in [0.3, 0.4) is 0 Å². The fraction of sp³-hybridized carbons (Fsp3) is 0. The van der Waals surface area contributed by atoms with Crippen molar-refractivity contribution in [2.45, 2.75) is 0 Å². The summed E-state index contributed by atoms with van der Waals surface area (Å²) in [5.41, 5.74) is -0.576. The van der Waals surface area contributed by atoms with Crippen molar-refractivity contribution in [1.82, 2.24) is 5.32 Å². The highest BCUT2D eigenvalue weighted by Gasteiger charge is 2.21. The van der Waals surface area contributed by atoms with E-state index in [0.717, 1.165) is 3.57 Å². The van der Waals surface area contributed by atoms with Gasteiger partial charge in [0.1, 0.15) is 22.8 Å². The zero-order chi connectivity index (χ0) is 22.4. The highest BCUT2D eigenvalue weighted by molar-refractivity contribution is 14.1. The van der Waals surface area contributed by atoms with Crippen LogP contribution in [-0.2, 0) is 4.79 Å². The molecule has 0 aliphatic rings. The maximum absolute atomic E-state index is 12.4. The van der Waals surface area contributed by atoms with Crippen molar-refractivity contribution in [3.63, 3.8) is 0 Å². The third-order valence-corrected chi connectivity index (χ3v) is 4.97. The number of rotatable bonds is 7. The van der Waals surface area contributed by atoms with Crippen molar-refractivity contribution in [1.29, 1.82) is 0 Å². The summed E-state index contributed by atoms with van der Waals surface area (Å²) in [7, 11) is 0. The second-order valence-corrected chi connectivity index (χ2v) is 7.36. The number of nitro benzene ring substituents is 1. The largest absolute Gasteiger partial charge is 0.477 e. The Bertz CT molecular complexity index is 1170. The van der Waals surface area contributed by atoms with Gasteiger partial charge in [0.15, 0.2) is 0 Å². The fourth-order valence-corrected chi connectivity index (χ4v) is 3.12. The molecule has 0 unspecified atom stereocenters. The number of carbonyl (C=O) groups excluding carboxylic acids is 1.